The molecule has 3 nitrogen and oxygen atoms in total. The van der Waals surface area contributed by atoms with Crippen LogP contribution in [0.2, 0.25) is 0 Å². The van der Waals surface area contributed by atoms with E-state index >= 15 is 0 Å². The number of benzene rings is 1. The highest BCUT2D eigenvalue weighted by molar-refractivity contribution is 7.15. The van der Waals surface area contributed by atoms with Crippen LogP contribution in [0.25, 0.3) is 10.6 Å². The van der Waals surface area contributed by atoms with E-state index in [9.17, 15) is 0 Å². The lowest BCUT2D eigenvalue weighted by molar-refractivity contribution is 0.206. The molecule has 3 heterocycles. The summed E-state index contributed by atoms with van der Waals surface area (Å²) in [5.41, 5.74) is 2.65. The summed E-state index contributed by atoms with van der Waals surface area (Å²) in [6.45, 7) is 3.34. The number of nitrogens with zero attached hydrogens (tertiary/aromatic N) is 3. The van der Waals surface area contributed by atoms with Crippen LogP contribution in [-0.2, 0) is 6.54 Å². The fraction of sp³-hybridized carbons (Fsp3) is 0.300. The second-order valence-corrected chi connectivity index (χ2v) is 7.44. The summed E-state index contributed by atoms with van der Waals surface area (Å²) in [5.74, 6) is 0.686. The third-order valence-corrected chi connectivity index (χ3v) is 5.75. The van der Waals surface area contributed by atoms with E-state index in [0.717, 1.165) is 24.6 Å². The van der Waals surface area contributed by atoms with Crippen molar-refractivity contribution < 1.29 is 0 Å². The lowest BCUT2D eigenvalue weighted by Crippen LogP contribution is -2.32. The molecular weight excluding hydrogens is 314 g/mol. The molecular formula is C20H21N3S. The number of rotatable bonds is 4. The molecule has 0 radical (unpaired) electrons. The second-order valence-electron chi connectivity index (χ2n) is 6.33. The molecule has 0 unspecified atom stereocenters. The van der Waals surface area contributed by atoms with Crippen molar-refractivity contribution in [1.29, 1.82) is 0 Å². The predicted octanol–water partition coefficient (Wildman–Crippen LogP) is 4.58. The van der Waals surface area contributed by atoms with E-state index in [-0.39, 0.29) is 0 Å². The van der Waals surface area contributed by atoms with E-state index in [4.69, 9.17) is 0 Å². The van der Waals surface area contributed by atoms with Crippen LogP contribution in [0.4, 0.5) is 0 Å². The smallest absolute Gasteiger partial charge is 0.123 e. The SMILES string of the molecule is c1ccc(-c2ncc(CN3CCC(c4ccncc4)CC3)s2)cc1. The zero-order chi connectivity index (χ0) is 16.2. The first kappa shape index (κ1) is 15.5. The first-order valence-electron chi connectivity index (χ1n) is 8.51. The molecule has 0 spiro atoms. The molecule has 4 rings (SSSR count). The van der Waals surface area contributed by atoms with E-state index in [0.29, 0.717) is 5.92 Å². The Labute approximate surface area is 147 Å². The molecule has 0 saturated carbocycles. The molecule has 1 aliphatic heterocycles. The van der Waals surface area contributed by atoms with Gasteiger partial charge >= 0.3 is 0 Å². The van der Waals surface area contributed by atoms with Crippen molar-refractivity contribution in [3.63, 3.8) is 0 Å². The van der Waals surface area contributed by atoms with Crippen molar-refractivity contribution in [2.24, 2.45) is 0 Å². The van der Waals surface area contributed by atoms with E-state index in [1.54, 1.807) is 0 Å². The van der Waals surface area contributed by atoms with Crippen LogP contribution in [0.15, 0.2) is 61.1 Å². The Morgan fingerprint density at radius 2 is 1.75 bits per heavy atom. The minimum Gasteiger partial charge on any atom is -0.298 e. The van der Waals surface area contributed by atoms with Crippen LogP contribution in [0.3, 0.4) is 0 Å². The largest absolute Gasteiger partial charge is 0.298 e. The minimum absolute atomic E-state index is 0.686. The van der Waals surface area contributed by atoms with Crippen molar-refractivity contribution in [3.8, 4) is 10.6 Å². The molecule has 1 saturated heterocycles. The molecule has 0 N–H and O–H groups in total. The van der Waals surface area contributed by atoms with Gasteiger partial charge in [-0.3, -0.25) is 9.88 Å². The molecule has 2 aromatic heterocycles. The zero-order valence-electron chi connectivity index (χ0n) is 13.6. The average Bonchev–Trinajstić information content (AvgIpc) is 3.12. The number of thiazole rings is 1. The van der Waals surface area contributed by atoms with Crippen LogP contribution < -0.4 is 0 Å². The Morgan fingerprint density at radius 1 is 1.00 bits per heavy atom. The summed E-state index contributed by atoms with van der Waals surface area (Å²) in [4.78, 5) is 12.6. The highest BCUT2D eigenvalue weighted by atomic mass is 32.1. The lowest BCUT2D eigenvalue weighted by Gasteiger charge is -2.31. The van der Waals surface area contributed by atoms with Gasteiger partial charge in [-0.15, -0.1) is 11.3 Å². The van der Waals surface area contributed by atoms with Gasteiger partial charge in [-0.2, -0.15) is 0 Å². The van der Waals surface area contributed by atoms with Gasteiger partial charge in [0.05, 0.1) is 0 Å². The standard InChI is InChI=1S/C20H21N3S/c1-2-4-18(5-3-1)20-22-14-19(24-20)15-23-12-8-17(9-13-23)16-6-10-21-11-7-16/h1-7,10-11,14,17H,8-9,12-13,15H2. The minimum atomic E-state index is 0.686. The Bertz CT molecular complexity index is 762. The first-order chi connectivity index (χ1) is 11.9. The maximum atomic E-state index is 4.60. The molecule has 0 amide bonds. The number of piperidine rings is 1. The molecule has 4 heteroatoms. The number of pyridine rings is 1. The van der Waals surface area contributed by atoms with Crippen molar-refractivity contribution in [2.75, 3.05) is 13.1 Å². The monoisotopic (exact) mass is 335 g/mol. The lowest BCUT2D eigenvalue weighted by atomic mass is 9.90. The predicted molar refractivity (Wildman–Crippen MR) is 99.0 cm³/mol. The van der Waals surface area contributed by atoms with Crippen LogP contribution in [0.5, 0.6) is 0 Å². The quantitative estimate of drug-likeness (QED) is 0.698. The van der Waals surface area contributed by atoms with Crippen molar-refractivity contribution in [1.82, 2.24) is 14.9 Å². The second kappa shape index (κ2) is 7.24. The van der Waals surface area contributed by atoms with Crippen molar-refractivity contribution >= 4 is 11.3 Å². The van der Waals surface area contributed by atoms with Crippen LogP contribution in [0.1, 0.15) is 29.2 Å². The molecule has 1 fully saturated rings. The highest BCUT2D eigenvalue weighted by Gasteiger charge is 2.21. The Balaban J connectivity index is 1.35. The molecule has 122 valence electrons. The summed E-state index contributed by atoms with van der Waals surface area (Å²) in [6.07, 6.45) is 8.32. The third-order valence-electron chi connectivity index (χ3n) is 4.72. The topological polar surface area (TPSA) is 29.0 Å². The van der Waals surface area contributed by atoms with Crippen LogP contribution in [-0.4, -0.2) is 28.0 Å². The number of hydrogen-bond acceptors (Lipinski definition) is 4. The van der Waals surface area contributed by atoms with Crippen LogP contribution >= 0.6 is 11.3 Å². The average molecular weight is 335 g/mol. The van der Waals surface area contributed by atoms with Gasteiger partial charge in [0, 0.05) is 35.6 Å². The summed E-state index contributed by atoms with van der Waals surface area (Å²) in [5, 5.41) is 1.12. The maximum absolute atomic E-state index is 4.60. The number of likely N-dealkylation sites (tertiary alicyclic amines) is 1. The zero-order valence-corrected chi connectivity index (χ0v) is 14.5. The van der Waals surface area contributed by atoms with E-state index < -0.39 is 0 Å². The van der Waals surface area contributed by atoms with Crippen molar-refractivity contribution in [2.45, 2.75) is 25.3 Å². The Kier molecular flexibility index (Phi) is 4.67. The van der Waals surface area contributed by atoms with E-state index in [1.165, 1.54) is 28.8 Å². The fourth-order valence-electron chi connectivity index (χ4n) is 3.38. The van der Waals surface area contributed by atoms with Gasteiger partial charge in [-0.1, -0.05) is 30.3 Å². The van der Waals surface area contributed by atoms with Gasteiger partial charge in [0.2, 0.25) is 0 Å². The summed E-state index contributed by atoms with van der Waals surface area (Å²) < 4.78 is 0. The normalized spacial score (nSPS) is 16.3. The maximum Gasteiger partial charge on any atom is 0.123 e. The van der Waals surface area contributed by atoms with Crippen LogP contribution in [0, 0.1) is 0 Å². The molecule has 24 heavy (non-hydrogen) atoms. The molecule has 3 aromatic rings. The van der Waals surface area contributed by atoms with Crippen molar-refractivity contribution in [3.05, 3.63) is 71.5 Å². The fourth-order valence-corrected chi connectivity index (χ4v) is 4.34. The third kappa shape index (κ3) is 3.55. The van der Waals surface area contributed by atoms with Gasteiger partial charge in [-0.25, -0.2) is 4.98 Å². The Morgan fingerprint density at radius 3 is 2.50 bits per heavy atom. The van der Waals surface area contributed by atoms with Gasteiger partial charge in [0.15, 0.2) is 0 Å². The van der Waals surface area contributed by atoms with E-state index in [1.807, 2.05) is 36.0 Å². The molecule has 0 atom stereocenters. The van der Waals surface area contributed by atoms with E-state index in [2.05, 4.69) is 51.3 Å². The molecule has 1 aliphatic rings. The highest BCUT2D eigenvalue weighted by Crippen LogP contribution is 2.30. The molecule has 0 bridgehead atoms. The van der Waals surface area contributed by atoms with Gasteiger partial charge in [0.1, 0.15) is 5.01 Å². The first-order valence-corrected chi connectivity index (χ1v) is 9.32. The summed E-state index contributed by atoms with van der Waals surface area (Å²) >= 11 is 1.82. The summed E-state index contributed by atoms with van der Waals surface area (Å²) in [6, 6.07) is 14.8. The number of aromatic nitrogens is 2. The van der Waals surface area contributed by atoms with Gasteiger partial charge in [-0.05, 0) is 49.5 Å². The Hall–Kier alpha value is -2.04. The number of hydrogen-bond donors (Lipinski definition) is 0. The van der Waals surface area contributed by atoms with Gasteiger partial charge < -0.3 is 0 Å². The molecule has 0 aliphatic carbocycles. The van der Waals surface area contributed by atoms with Gasteiger partial charge in [0.25, 0.3) is 0 Å². The molecule has 1 aromatic carbocycles. The summed E-state index contributed by atoms with van der Waals surface area (Å²) in [7, 11) is 0.